The van der Waals surface area contributed by atoms with E-state index in [0.717, 1.165) is 5.56 Å². The van der Waals surface area contributed by atoms with Gasteiger partial charge in [-0.1, -0.05) is 36.4 Å². The second-order valence-electron chi connectivity index (χ2n) is 6.88. The Labute approximate surface area is 185 Å². The van der Waals surface area contributed by atoms with Crippen LogP contribution in [-0.4, -0.2) is 60.5 Å². The molecule has 0 bridgehead atoms. The van der Waals surface area contributed by atoms with E-state index in [4.69, 9.17) is 14.2 Å². The molecule has 1 aromatic carbocycles. The summed E-state index contributed by atoms with van der Waals surface area (Å²) in [6.45, 7) is 1.32. The van der Waals surface area contributed by atoms with Crippen LogP contribution in [0.15, 0.2) is 48.7 Å². The number of amides is 2. The van der Waals surface area contributed by atoms with Gasteiger partial charge in [-0.15, -0.1) is 0 Å². The summed E-state index contributed by atoms with van der Waals surface area (Å²) in [6, 6.07) is 9.88. The van der Waals surface area contributed by atoms with Crippen molar-refractivity contribution in [3.63, 3.8) is 0 Å². The summed E-state index contributed by atoms with van der Waals surface area (Å²) in [5, 5.41) is 14.8. The number of aliphatic hydroxyl groups excluding tert-OH is 1. The quantitative estimate of drug-likeness (QED) is 0.460. The van der Waals surface area contributed by atoms with Crippen LogP contribution in [0.25, 0.3) is 0 Å². The third kappa shape index (κ3) is 7.24. The molecule has 0 spiro atoms. The average molecular weight is 445 g/mol. The molecule has 32 heavy (non-hydrogen) atoms. The van der Waals surface area contributed by atoms with E-state index in [1.54, 1.807) is 36.4 Å². The first-order chi connectivity index (χ1) is 15.3. The number of alkyl carbamates (subject to hydrolysis) is 1. The number of hydrogen-bond donors (Lipinski definition) is 3. The predicted molar refractivity (Wildman–Crippen MR) is 114 cm³/mol. The van der Waals surface area contributed by atoms with Crippen molar-refractivity contribution in [2.45, 2.75) is 38.1 Å². The van der Waals surface area contributed by atoms with E-state index in [2.05, 4.69) is 15.6 Å². The topological polar surface area (TPSA) is 136 Å². The average Bonchev–Trinajstić information content (AvgIpc) is 2.80. The highest BCUT2D eigenvalue weighted by molar-refractivity contribution is 5.90. The first kappa shape index (κ1) is 24.6. The Morgan fingerprint density at radius 1 is 1.06 bits per heavy atom. The van der Waals surface area contributed by atoms with Gasteiger partial charge < -0.3 is 30.0 Å². The van der Waals surface area contributed by atoms with E-state index < -0.39 is 36.2 Å². The number of aromatic nitrogens is 1. The van der Waals surface area contributed by atoms with Crippen molar-refractivity contribution in [3.05, 3.63) is 59.8 Å². The van der Waals surface area contributed by atoms with Gasteiger partial charge in [-0.05, 0) is 18.6 Å². The van der Waals surface area contributed by atoms with Crippen LogP contribution in [0.5, 0.6) is 5.88 Å². The molecule has 2 aromatic rings. The number of ether oxygens (including phenoxy) is 3. The van der Waals surface area contributed by atoms with E-state index >= 15 is 0 Å². The Morgan fingerprint density at radius 2 is 1.78 bits per heavy atom. The number of carbonyl (C=O) groups excluding carboxylic acids is 3. The van der Waals surface area contributed by atoms with Gasteiger partial charge in [0.25, 0.3) is 0 Å². The van der Waals surface area contributed by atoms with Crippen LogP contribution in [0.3, 0.4) is 0 Å². The number of nitrogens with one attached hydrogen (secondary N) is 2. The van der Waals surface area contributed by atoms with Gasteiger partial charge in [-0.2, -0.15) is 0 Å². The second-order valence-corrected chi connectivity index (χ2v) is 6.88. The van der Waals surface area contributed by atoms with Crippen molar-refractivity contribution in [1.29, 1.82) is 0 Å². The van der Waals surface area contributed by atoms with Crippen LogP contribution < -0.4 is 15.4 Å². The minimum Gasteiger partial charge on any atom is -0.481 e. The minimum atomic E-state index is -1.36. The maximum Gasteiger partial charge on any atom is 0.408 e. The largest absolute Gasteiger partial charge is 0.481 e. The molecule has 172 valence electrons. The summed E-state index contributed by atoms with van der Waals surface area (Å²) in [6.07, 6.45) is -0.591. The van der Waals surface area contributed by atoms with Crippen molar-refractivity contribution in [3.8, 4) is 5.88 Å². The highest BCUT2D eigenvalue weighted by atomic mass is 16.5. The van der Waals surface area contributed by atoms with Crippen LogP contribution in [0, 0.1) is 0 Å². The second kappa shape index (κ2) is 12.3. The van der Waals surface area contributed by atoms with Crippen LogP contribution in [0.2, 0.25) is 0 Å². The van der Waals surface area contributed by atoms with E-state index in [0.29, 0.717) is 11.4 Å². The Bertz CT molecular complexity index is 905. The lowest BCUT2D eigenvalue weighted by atomic mass is 10.1. The highest BCUT2D eigenvalue weighted by Gasteiger charge is 2.31. The van der Waals surface area contributed by atoms with E-state index in [1.165, 1.54) is 27.3 Å². The molecule has 0 saturated heterocycles. The van der Waals surface area contributed by atoms with Gasteiger partial charge in [0.1, 0.15) is 18.7 Å². The van der Waals surface area contributed by atoms with E-state index in [-0.39, 0.29) is 13.0 Å². The molecule has 1 heterocycles. The van der Waals surface area contributed by atoms with Crippen LogP contribution >= 0.6 is 0 Å². The number of benzene rings is 1. The normalized spacial score (nSPS) is 13.2. The first-order valence-corrected chi connectivity index (χ1v) is 9.87. The van der Waals surface area contributed by atoms with Gasteiger partial charge in [-0.3, -0.25) is 4.79 Å². The number of esters is 1. The Morgan fingerprint density at radius 3 is 2.41 bits per heavy atom. The molecule has 0 saturated carbocycles. The fourth-order valence-corrected chi connectivity index (χ4v) is 2.88. The monoisotopic (exact) mass is 445 g/mol. The molecule has 0 unspecified atom stereocenters. The van der Waals surface area contributed by atoms with Gasteiger partial charge in [0.15, 0.2) is 0 Å². The Kier molecular flexibility index (Phi) is 9.43. The van der Waals surface area contributed by atoms with Crippen molar-refractivity contribution >= 4 is 18.0 Å². The molecule has 10 heteroatoms. The molecule has 0 aliphatic heterocycles. The number of hydrogen-bond acceptors (Lipinski definition) is 8. The maximum atomic E-state index is 12.8. The van der Waals surface area contributed by atoms with Crippen molar-refractivity contribution in [2.75, 3.05) is 14.2 Å². The molecule has 2 rings (SSSR count). The van der Waals surface area contributed by atoms with Crippen molar-refractivity contribution in [2.24, 2.45) is 0 Å². The van der Waals surface area contributed by atoms with Gasteiger partial charge in [0, 0.05) is 18.2 Å². The highest BCUT2D eigenvalue weighted by Crippen LogP contribution is 2.16. The van der Waals surface area contributed by atoms with Crippen LogP contribution in [0.1, 0.15) is 18.1 Å². The molecular formula is C22H27N3O7. The lowest BCUT2D eigenvalue weighted by molar-refractivity contribution is -0.145. The Balaban J connectivity index is 2.05. The van der Waals surface area contributed by atoms with Crippen molar-refractivity contribution < 1.29 is 33.7 Å². The number of carbonyl (C=O) groups is 3. The fourth-order valence-electron chi connectivity index (χ4n) is 2.88. The molecule has 10 nitrogen and oxygen atoms in total. The standard InChI is InChI=1S/C22H27N3O7/c1-14(26)18(25-22(29)32-13-15-8-5-4-6-9-15)19(27)24-17(21(28)31-3)12-16-10-7-11-23-20(16)30-2/h4-11,14,17-18,26H,12-13H2,1-3H3,(H,24,27)(H,25,29)/t14-,17+,18+/m1/s1. The number of pyridine rings is 1. The molecule has 0 fully saturated rings. The molecule has 0 radical (unpaired) electrons. The van der Waals surface area contributed by atoms with Gasteiger partial charge in [0.05, 0.1) is 20.3 Å². The molecule has 3 atom stereocenters. The van der Waals surface area contributed by atoms with Gasteiger partial charge in [0.2, 0.25) is 11.8 Å². The molecule has 0 aliphatic rings. The maximum absolute atomic E-state index is 12.8. The number of methoxy groups -OCH3 is 2. The molecular weight excluding hydrogens is 418 g/mol. The summed E-state index contributed by atoms with van der Waals surface area (Å²) in [7, 11) is 2.62. The van der Waals surface area contributed by atoms with Gasteiger partial charge >= 0.3 is 12.1 Å². The molecule has 3 N–H and O–H groups in total. The van der Waals surface area contributed by atoms with Crippen molar-refractivity contribution in [1.82, 2.24) is 15.6 Å². The SMILES string of the molecule is COC(=O)[C@H](Cc1cccnc1OC)NC(=O)[C@@H](NC(=O)OCc1ccccc1)[C@@H](C)O. The molecule has 2 amide bonds. The summed E-state index contributed by atoms with van der Waals surface area (Å²) >= 11 is 0. The summed E-state index contributed by atoms with van der Waals surface area (Å²) in [4.78, 5) is 41.2. The number of nitrogens with zero attached hydrogens (tertiary/aromatic N) is 1. The third-order valence-corrected chi connectivity index (χ3v) is 4.52. The summed E-state index contributed by atoms with van der Waals surface area (Å²) in [5.74, 6) is -1.19. The fraction of sp³-hybridized carbons (Fsp3) is 0.364. The number of rotatable bonds is 10. The van der Waals surface area contributed by atoms with E-state index in [9.17, 15) is 19.5 Å². The van der Waals surface area contributed by atoms with Crippen LogP contribution in [-0.2, 0) is 32.1 Å². The Hall–Kier alpha value is -3.66. The zero-order valence-corrected chi connectivity index (χ0v) is 18.1. The smallest absolute Gasteiger partial charge is 0.408 e. The minimum absolute atomic E-state index is 0.00753. The first-order valence-electron chi connectivity index (χ1n) is 9.87. The lowest BCUT2D eigenvalue weighted by Gasteiger charge is -2.24. The summed E-state index contributed by atoms with van der Waals surface area (Å²) < 4.78 is 15.1. The molecule has 1 aromatic heterocycles. The molecule has 0 aliphatic carbocycles. The zero-order chi connectivity index (χ0) is 23.5. The van der Waals surface area contributed by atoms with Gasteiger partial charge in [-0.25, -0.2) is 14.6 Å². The third-order valence-electron chi connectivity index (χ3n) is 4.52. The zero-order valence-electron chi connectivity index (χ0n) is 18.1. The lowest BCUT2D eigenvalue weighted by Crippen LogP contribution is -2.56. The van der Waals surface area contributed by atoms with E-state index in [1.807, 2.05) is 6.07 Å². The predicted octanol–water partition coefficient (Wildman–Crippen LogP) is 0.966. The number of aliphatic hydroxyl groups is 1. The summed E-state index contributed by atoms with van der Waals surface area (Å²) in [5.41, 5.74) is 1.33. The van der Waals surface area contributed by atoms with Crippen LogP contribution in [0.4, 0.5) is 4.79 Å².